The van der Waals surface area contributed by atoms with E-state index in [1.54, 1.807) is 12.1 Å². The third-order valence-corrected chi connectivity index (χ3v) is 9.21. The van der Waals surface area contributed by atoms with Gasteiger partial charge in [-0.05, 0) is 81.4 Å². The first-order chi connectivity index (χ1) is 18.0. The van der Waals surface area contributed by atoms with E-state index in [1.807, 2.05) is 28.7 Å². The second-order valence-electron chi connectivity index (χ2n) is 9.77. The maximum absolute atomic E-state index is 13.6. The molecular formula is C27H23BrINO8. The van der Waals surface area contributed by atoms with Gasteiger partial charge in [-0.2, -0.15) is 0 Å². The van der Waals surface area contributed by atoms with Crippen molar-refractivity contribution in [2.45, 2.75) is 31.6 Å². The van der Waals surface area contributed by atoms with E-state index in [1.165, 1.54) is 13.2 Å². The number of phenols is 1. The van der Waals surface area contributed by atoms with Crippen LogP contribution in [0.2, 0.25) is 0 Å². The largest absolute Gasteiger partial charge is 0.504 e. The Morgan fingerprint density at radius 2 is 1.92 bits per heavy atom. The molecule has 0 unspecified atom stereocenters. The maximum atomic E-state index is 13.6. The number of hydrogen-bond donors (Lipinski definition) is 2. The molecule has 198 valence electrons. The van der Waals surface area contributed by atoms with Gasteiger partial charge in [0.05, 0.1) is 27.0 Å². The number of carboxylic acid groups (broad SMARTS) is 1. The molecule has 2 N–H and O–H groups in total. The third kappa shape index (κ3) is 4.23. The van der Waals surface area contributed by atoms with Crippen molar-refractivity contribution in [2.75, 3.05) is 13.7 Å². The van der Waals surface area contributed by atoms with E-state index < -0.39 is 29.6 Å². The minimum atomic E-state index is -1.00. The number of ether oxygens (including phenoxy) is 1. The molecule has 0 saturated carbocycles. The fourth-order valence-corrected chi connectivity index (χ4v) is 7.25. The third-order valence-electron chi connectivity index (χ3n) is 7.80. The minimum Gasteiger partial charge on any atom is -0.504 e. The highest BCUT2D eigenvalue weighted by molar-refractivity contribution is 14.1. The van der Waals surface area contributed by atoms with Gasteiger partial charge in [-0.1, -0.05) is 11.6 Å². The van der Waals surface area contributed by atoms with E-state index in [-0.39, 0.29) is 65.2 Å². The van der Waals surface area contributed by atoms with Crippen molar-refractivity contribution in [3.05, 3.63) is 54.6 Å². The molecule has 4 atom stereocenters. The number of hydrogen-bond acceptors (Lipinski definition) is 7. The quantitative estimate of drug-likeness (QED) is 0.199. The Balaban J connectivity index is 1.61. The summed E-state index contributed by atoms with van der Waals surface area (Å²) in [7, 11) is 1.42. The number of aromatic hydroxyl groups is 1. The average Bonchev–Trinajstić information content (AvgIpc) is 3.12. The average molecular weight is 696 g/mol. The van der Waals surface area contributed by atoms with Gasteiger partial charge in [-0.3, -0.25) is 28.9 Å². The molecule has 0 bridgehead atoms. The molecule has 0 radical (unpaired) electrons. The van der Waals surface area contributed by atoms with Crippen LogP contribution in [0.25, 0.3) is 0 Å². The highest BCUT2D eigenvalue weighted by Gasteiger charge is 2.56. The molecule has 1 fully saturated rings. The van der Waals surface area contributed by atoms with Crippen LogP contribution in [-0.4, -0.2) is 58.1 Å². The number of allylic oxidation sites excluding steroid dienone is 6. The molecule has 1 aromatic rings. The number of Topliss-reactive ketones (excluding diaryl/α,β-unsaturated/α-hetero) is 1. The van der Waals surface area contributed by atoms with Crippen LogP contribution in [0.3, 0.4) is 0 Å². The zero-order chi connectivity index (χ0) is 27.5. The topological polar surface area (TPSA) is 138 Å². The minimum absolute atomic E-state index is 0.0233. The molecule has 4 aliphatic rings. The molecule has 2 amide bonds. The lowest BCUT2D eigenvalue weighted by molar-refractivity contribution is -0.142. The fourth-order valence-electron chi connectivity index (χ4n) is 6.18. The van der Waals surface area contributed by atoms with E-state index >= 15 is 0 Å². The Hall–Kier alpha value is -2.80. The normalized spacial score (nSPS) is 26.6. The van der Waals surface area contributed by atoms with Crippen molar-refractivity contribution in [1.29, 1.82) is 0 Å². The standard InChI is InChI=1S/C27H23BrINO8/c1-38-19-8-11(7-17(29)25(19)35)21-12-4-5-13-22(27(37)30(26(13)36)6-2-3-20(32)33)14(12)9-15-23(21)18(31)10-16(28)24(15)34/h4,7-8,10,13-14,21-22,35H,2-3,5-6,9H2,1H3,(H,32,33)/t13-,14+,21-,22-/m0/s1. The number of carbonyl (C=O) groups is 5. The van der Waals surface area contributed by atoms with Crippen molar-refractivity contribution in [3.8, 4) is 11.5 Å². The summed E-state index contributed by atoms with van der Waals surface area (Å²) < 4.78 is 5.99. The molecule has 9 nitrogen and oxygen atoms in total. The lowest BCUT2D eigenvalue weighted by Gasteiger charge is -2.42. The Bertz CT molecular complexity index is 1410. The summed E-state index contributed by atoms with van der Waals surface area (Å²) >= 11 is 5.17. The van der Waals surface area contributed by atoms with Gasteiger partial charge in [0.15, 0.2) is 23.1 Å². The monoisotopic (exact) mass is 695 g/mol. The molecule has 38 heavy (non-hydrogen) atoms. The lowest BCUT2D eigenvalue weighted by atomic mass is 9.59. The first-order valence-electron chi connectivity index (χ1n) is 12.1. The number of imide groups is 1. The number of ketones is 2. The summed E-state index contributed by atoms with van der Waals surface area (Å²) in [5.41, 5.74) is 2.06. The Kier molecular flexibility index (Phi) is 7.10. The number of benzene rings is 1. The predicted octanol–water partition coefficient (Wildman–Crippen LogP) is 3.63. The second-order valence-corrected chi connectivity index (χ2v) is 11.8. The van der Waals surface area contributed by atoms with E-state index in [0.717, 1.165) is 10.5 Å². The van der Waals surface area contributed by atoms with Gasteiger partial charge in [-0.15, -0.1) is 0 Å². The fraction of sp³-hybridized carbons (Fsp3) is 0.370. The molecular weight excluding hydrogens is 673 g/mol. The van der Waals surface area contributed by atoms with E-state index in [0.29, 0.717) is 26.7 Å². The van der Waals surface area contributed by atoms with Crippen molar-refractivity contribution in [2.24, 2.45) is 17.8 Å². The molecule has 0 spiro atoms. The summed E-state index contributed by atoms with van der Waals surface area (Å²) in [6.45, 7) is 0.0233. The first-order valence-corrected chi connectivity index (χ1v) is 13.9. The number of carbonyl (C=O) groups excluding carboxylic acids is 4. The summed E-state index contributed by atoms with van der Waals surface area (Å²) in [5.74, 6) is -4.65. The van der Waals surface area contributed by atoms with Crippen LogP contribution in [0.5, 0.6) is 11.5 Å². The van der Waals surface area contributed by atoms with Crippen LogP contribution in [-0.2, 0) is 24.0 Å². The Morgan fingerprint density at radius 3 is 2.61 bits per heavy atom. The molecule has 3 aliphatic carbocycles. The van der Waals surface area contributed by atoms with Crippen molar-refractivity contribution in [3.63, 3.8) is 0 Å². The summed E-state index contributed by atoms with van der Waals surface area (Å²) in [6.07, 6.45) is 3.60. The molecule has 1 saturated heterocycles. The van der Waals surface area contributed by atoms with Crippen molar-refractivity contribution < 1.29 is 38.9 Å². The van der Waals surface area contributed by atoms with Gasteiger partial charge < -0.3 is 14.9 Å². The number of halogens is 2. The zero-order valence-electron chi connectivity index (χ0n) is 20.2. The first kappa shape index (κ1) is 26.8. The SMILES string of the molecule is COc1cc([C@H]2C3=CC[C@@H]4C(=O)N(CCCC(=O)O)C(=O)[C@@H]4[C@@H]3CC3=C2C(=O)C=C(Br)C3=O)cc(I)c1O. The zero-order valence-corrected chi connectivity index (χ0v) is 23.9. The number of likely N-dealkylation sites (tertiary alicyclic amines) is 1. The second kappa shape index (κ2) is 10.1. The summed E-state index contributed by atoms with van der Waals surface area (Å²) in [4.78, 5) is 65.5. The van der Waals surface area contributed by atoms with Crippen molar-refractivity contribution >= 4 is 67.9 Å². The van der Waals surface area contributed by atoms with E-state index in [2.05, 4.69) is 15.9 Å². The number of aliphatic carboxylic acids is 1. The number of amides is 2. The highest BCUT2D eigenvalue weighted by Crippen LogP contribution is 2.56. The van der Waals surface area contributed by atoms with Gasteiger partial charge in [0.1, 0.15) is 0 Å². The molecule has 0 aromatic heterocycles. The van der Waals surface area contributed by atoms with Crippen LogP contribution in [0.15, 0.2) is 45.5 Å². The molecule has 1 aliphatic heterocycles. The molecule has 11 heteroatoms. The number of fused-ring (bicyclic) bond motifs is 3. The van der Waals surface area contributed by atoms with Gasteiger partial charge in [-0.25, -0.2) is 0 Å². The Morgan fingerprint density at radius 1 is 1.18 bits per heavy atom. The van der Waals surface area contributed by atoms with Crippen LogP contribution >= 0.6 is 38.5 Å². The number of rotatable bonds is 6. The van der Waals surface area contributed by atoms with Gasteiger partial charge in [0.25, 0.3) is 0 Å². The Labute approximate surface area is 239 Å². The number of phenolic OH excluding ortho intramolecular Hbond substituents is 1. The number of methoxy groups -OCH3 is 1. The molecule has 5 rings (SSSR count). The van der Waals surface area contributed by atoms with Crippen LogP contribution in [0.4, 0.5) is 0 Å². The predicted molar refractivity (Wildman–Crippen MR) is 146 cm³/mol. The summed E-state index contributed by atoms with van der Waals surface area (Å²) in [6, 6.07) is 3.36. The number of nitrogens with zero attached hydrogens (tertiary/aromatic N) is 1. The summed E-state index contributed by atoms with van der Waals surface area (Å²) in [5, 5.41) is 19.4. The van der Waals surface area contributed by atoms with Crippen LogP contribution < -0.4 is 4.74 Å². The lowest BCUT2D eigenvalue weighted by Crippen LogP contribution is -2.39. The van der Waals surface area contributed by atoms with Gasteiger partial charge in [0.2, 0.25) is 11.8 Å². The van der Waals surface area contributed by atoms with Crippen molar-refractivity contribution in [1.82, 2.24) is 4.90 Å². The maximum Gasteiger partial charge on any atom is 0.303 e. The smallest absolute Gasteiger partial charge is 0.303 e. The number of carboxylic acids is 1. The van der Waals surface area contributed by atoms with Gasteiger partial charge >= 0.3 is 5.97 Å². The van der Waals surface area contributed by atoms with Gasteiger partial charge in [0, 0.05) is 36.1 Å². The highest BCUT2D eigenvalue weighted by atomic mass is 127. The van der Waals surface area contributed by atoms with E-state index in [9.17, 15) is 29.1 Å². The molecule has 1 aromatic carbocycles. The van der Waals surface area contributed by atoms with Crippen LogP contribution in [0, 0.1) is 21.3 Å². The van der Waals surface area contributed by atoms with E-state index in [4.69, 9.17) is 9.84 Å². The molecule has 1 heterocycles. The van der Waals surface area contributed by atoms with Crippen LogP contribution in [0.1, 0.15) is 37.2 Å².